The zero-order chi connectivity index (χ0) is 17.9. The Hall–Kier alpha value is -2.70. The first-order valence-electron chi connectivity index (χ1n) is 8.97. The van der Waals surface area contributed by atoms with Crippen molar-refractivity contribution >= 4 is 17.0 Å². The number of fused-ring (bicyclic) bond motifs is 1. The fraction of sp³-hybridized carbons (Fsp3) is 0.421. The van der Waals surface area contributed by atoms with Gasteiger partial charge >= 0.3 is 0 Å². The molecule has 2 aromatic heterocycles. The van der Waals surface area contributed by atoms with Gasteiger partial charge in [0.05, 0.1) is 6.61 Å². The first kappa shape index (κ1) is 16.8. The molecule has 0 amide bonds. The molecule has 0 N–H and O–H groups in total. The summed E-state index contributed by atoms with van der Waals surface area (Å²) in [4.78, 5) is 15.3. The Kier molecular flexibility index (Phi) is 4.69. The van der Waals surface area contributed by atoms with Crippen LogP contribution in [0.1, 0.15) is 25.7 Å². The van der Waals surface area contributed by atoms with Gasteiger partial charge in [-0.1, -0.05) is 19.1 Å². The van der Waals surface area contributed by atoms with Crippen LogP contribution in [-0.4, -0.2) is 34.6 Å². The Morgan fingerprint density at radius 2 is 2.19 bits per heavy atom. The molecule has 0 saturated carbocycles. The van der Waals surface area contributed by atoms with Crippen LogP contribution in [0.3, 0.4) is 0 Å². The van der Waals surface area contributed by atoms with Gasteiger partial charge in [0.1, 0.15) is 6.33 Å². The van der Waals surface area contributed by atoms with Gasteiger partial charge in [-0.25, -0.2) is 14.4 Å². The Balaban J connectivity index is 1.48. The van der Waals surface area contributed by atoms with Crippen LogP contribution in [-0.2, 0) is 6.42 Å². The fourth-order valence-corrected chi connectivity index (χ4v) is 3.33. The summed E-state index contributed by atoms with van der Waals surface area (Å²) in [6, 6.07) is 6.51. The summed E-state index contributed by atoms with van der Waals surface area (Å²) in [5.74, 6) is 1.74. The lowest BCUT2D eigenvalue weighted by atomic mass is 9.99. The largest absolute Gasteiger partial charge is 0.490 e. The molecule has 1 fully saturated rings. The van der Waals surface area contributed by atoms with Gasteiger partial charge in [-0.3, -0.25) is 0 Å². The number of hydrogen-bond acceptors (Lipinski definition) is 6. The lowest BCUT2D eigenvalue weighted by molar-refractivity contribution is 0.221. The normalized spacial score (nSPS) is 17.6. The van der Waals surface area contributed by atoms with E-state index in [0.29, 0.717) is 35.4 Å². The van der Waals surface area contributed by atoms with Crippen molar-refractivity contribution in [1.29, 1.82) is 0 Å². The van der Waals surface area contributed by atoms with E-state index in [4.69, 9.17) is 9.15 Å². The molecule has 0 bridgehead atoms. The number of aromatic nitrogens is 3. The van der Waals surface area contributed by atoms with Crippen LogP contribution in [0.4, 0.5) is 10.2 Å². The quantitative estimate of drug-likeness (QED) is 0.696. The predicted octanol–water partition coefficient (Wildman–Crippen LogP) is 3.61. The molecule has 7 heteroatoms. The van der Waals surface area contributed by atoms with Gasteiger partial charge in [-0.2, -0.15) is 4.98 Å². The van der Waals surface area contributed by atoms with Crippen molar-refractivity contribution in [1.82, 2.24) is 15.0 Å². The predicted molar refractivity (Wildman–Crippen MR) is 95.8 cm³/mol. The van der Waals surface area contributed by atoms with E-state index in [0.717, 1.165) is 38.2 Å². The van der Waals surface area contributed by atoms with Crippen molar-refractivity contribution in [3.05, 3.63) is 42.3 Å². The van der Waals surface area contributed by atoms with E-state index in [9.17, 15) is 4.39 Å². The highest BCUT2D eigenvalue weighted by Gasteiger charge is 2.25. The first-order chi connectivity index (χ1) is 12.7. The molecule has 0 spiro atoms. The van der Waals surface area contributed by atoms with Crippen molar-refractivity contribution in [3.63, 3.8) is 0 Å². The van der Waals surface area contributed by atoms with Crippen molar-refractivity contribution in [3.8, 4) is 5.75 Å². The van der Waals surface area contributed by atoms with Crippen LogP contribution in [0.15, 0.2) is 35.0 Å². The van der Waals surface area contributed by atoms with Crippen LogP contribution in [0.25, 0.3) is 11.2 Å². The number of para-hydroxylation sites is 1. The third kappa shape index (κ3) is 3.34. The number of ether oxygens (including phenoxy) is 1. The molecule has 136 valence electrons. The number of halogens is 1. The van der Waals surface area contributed by atoms with Gasteiger partial charge in [-0.15, -0.1) is 0 Å². The van der Waals surface area contributed by atoms with E-state index in [1.54, 1.807) is 18.2 Å². The molecular weight excluding hydrogens is 335 g/mol. The number of nitrogens with zero attached hydrogens (tertiary/aromatic N) is 4. The standard InChI is InChI=1S/C19H21FN4O2/c1-2-16-23-17-18(21-12-22-19(17)26-16)24-9-5-6-13(10-24)11-25-15-8-4-3-7-14(15)20/h3-4,7-8,12-13H,2,5-6,9-11H2,1H3. The molecule has 1 atom stereocenters. The number of hydrogen-bond donors (Lipinski definition) is 0. The molecular formula is C19H21FN4O2. The Morgan fingerprint density at radius 1 is 1.31 bits per heavy atom. The van der Waals surface area contributed by atoms with E-state index in [1.807, 2.05) is 6.92 Å². The van der Waals surface area contributed by atoms with Gasteiger partial charge in [0.15, 0.2) is 28.8 Å². The molecule has 6 nitrogen and oxygen atoms in total. The molecule has 1 unspecified atom stereocenters. The highest BCUT2D eigenvalue weighted by Crippen LogP contribution is 2.28. The molecule has 1 saturated heterocycles. The molecule has 1 aliphatic heterocycles. The monoisotopic (exact) mass is 356 g/mol. The maximum Gasteiger partial charge on any atom is 0.252 e. The lowest BCUT2D eigenvalue weighted by Gasteiger charge is -2.33. The zero-order valence-electron chi connectivity index (χ0n) is 14.7. The van der Waals surface area contributed by atoms with Gasteiger partial charge in [0.2, 0.25) is 0 Å². The van der Waals surface area contributed by atoms with Crippen LogP contribution in [0, 0.1) is 11.7 Å². The third-order valence-corrected chi connectivity index (χ3v) is 4.65. The summed E-state index contributed by atoms with van der Waals surface area (Å²) in [6.07, 6.45) is 4.30. The summed E-state index contributed by atoms with van der Waals surface area (Å²) in [5.41, 5.74) is 1.23. The van der Waals surface area contributed by atoms with Gasteiger partial charge in [0, 0.05) is 25.4 Å². The molecule has 3 aromatic rings. The smallest absolute Gasteiger partial charge is 0.252 e. The number of rotatable bonds is 5. The van der Waals surface area contributed by atoms with Crippen LogP contribution >= 0.6 is 0 Å². The highest BCUT2D eigenvalue weighted by molar-refractivity contribution is 5.81. The highest BCUT2D eigenvalue weighted by atomic mass is 19.1. The minimum absolute atomic E-state index is 0.297. The number of anilines is 1. The summed E-state index contributed by atoms with van der Waals surface area (Å²) < 4.78 is 25.1. The molecule has 0 radical (unpaired) electrons. The summed E-state index contributed by atoms with van der Waals surface area (Å²) in [7, 11) is 0. The van der Waals surface area contributed by atoms with E-state index in [-0.39, 0.29) is 5.82 Å². The Bertz CT molecular complexity index is 898. The van der Waals surface area contributed by atoms with Gasteiger partial charge in [-0.05, 0) is 25.0 Å². The van der Waals surface area contributed by atoms with Crippen LogP contribution < -0.4 is 9.64 Å². The Labute approximate surface area is 151 Å². The average Bonchev–Trinajstić information content (AvgIpc) is 3.11. The molecule has 0 aliphatic carbocycles. The van der Waals surface area contributed by atoms with Crippen LogP contribution in [0.5, 0.6) is 5.75 Å². The third-order valence-electron chi connectivity index (χ3n) is 4.65. The maximum absolute atomic E-state index is 13.7. The molecule has 3 heterocycles. The van der Waals surface area contributed by atoms with E-state index in [1.165, 1.54) is 12.4 Å². The topological polar surface area (TPSA) is 64.3 Å². The van der Waals surface area contributed by atoms with Crippen LogP contribution in [0.2, 0.25) is 0 Å². The lowest BCUT2D eigenvalue weighted by Crippen LogP contribution is -2.38. The molecule has 26 heavy (non-hydrogen) atoms. The summed E-state index contributed by atoms with van der Waals surface area (Å²) in [6.45, 7) is 4.16. The summed E-state index contributed by atoms with van der Waals surface area (Å²) >= 11 is 0. The number of aryl methyl sites for hydroxylation is 1. The van der Waals surface area contributed by atoms with Crippen molar-refractivity contribution < 1.29 is 13.5 Å². The number of piperidine rings is 1. The minimum Gasteiger partial charge on any atom is -0.490 e. The van der Waals surface area contributed by atoms with Crippen molar-refractivity contribution in [2.45, 2.75) is 26.2 Å². The number of oxazole rings is 1. The second-order valence-corrected chi connectivity index (χ2v) is 6.51. The van der Waals surface area contributed by atoms with Gasteiger partial charge < -0.3 is 14.1 Å². The molecule has 4 rings (SSSR count). The first-order valence-corrected chi connectivity index (χ1v) is 8.97. The second-order valence-electron chi connectivity index (χ2n) is 6.51. The SMILES string of the molecule is CCc1nc2c(N3CCCC(COc4ccccc4F)C3)ncnc2o1. The average molecular weight is 356 g/mol. The van der Waals surface area contributed by atoms with E-state index < -0.39 is 0 Å². The number of benzene rings is 1. The summed E-state index contributed by atoms with van der Waals surface area (Å²) in [5, 5.41) is 0. The molecule has 1 aromatic carbocycles. The van der Waals surface area contributed by atoms with E-state index >= 15 is 0 Å². The minimum atomic E-state index is -0.327. The molecule has 1 aliphatic rings. The maximum atomic E-state index is 13.7. The fourth-order valence-electron chi connectivity index (χ4n) is 3.33. The zero-order valence-corrected chi connectivity index (χ0v) is 14.7. The van der Waals surface area contributed by atoms with Crippen molar-refractivity contribution in [2.24, 2.45) is 5.92 Å². The van der Waals surface area contributed by atoms with Gasteiger partial charge in [0.25, 0.3) is 5.71 Å². The van der Waals surface area contributed by atoms with Crippen molar-refractivity contribution in [2.75, 3.05) is 24.6 Å². The van der Waals surface area contributed by atoms with E-state index in [2.05, 4.69) is 19.9 Å². The Morgan fingerprint density at radius 3 is 3.04 bits per heavy atom. The second kappa shape index (κ2) is 7.27.